The van der Waals surface area contributed by atoms with Crippen LogP contribution < -0.4 is 5.32 Å². The molecule has 1 saturated heterocycles. The average molecular weight is 542 g/mol. The summed E-state index contributed by atoms with van der Waals surface area (Å²) in [6.07, 6.45) is 3.75. The third-order valence-corrected chi connectivity index (χ3v) is 8.62. The molecule has 0 unspecified atom stereocenters. The van der Waals surface area contributed by atoms with Crippen molar-refractivity contribution in [2.24, 2.45) is 0 Å². The van der Waals surface area contributed by atoms with Crippen LogP contribution in [0.3, 0.4) is 0 Å². The van der Waals surface area contributed by atoms with Gasteiger partial charge in [0.25, 0.3) is 0 Å². The van der Waals surface area contributed by atoms with E-state index < -0.39 is 16.1 Å². The van der Waals surface area contributed by atoms with E-state index in [1.807, 2.05) is 0 Å². The Bertz CT molecular complexity index is 1320. The minimum atomic E-state index is -3.50. The molecule has 2 heterocycles. The van der Waals surface area contributed by atoms with E-state index in [2.05, 4.69) is 5.32 Å². The van der Waals surface area contributed by atoms with Gasteiger partial charge in [-0.3, -0.25) is 9.59 Å². The summed E-state index contributed by atoms with van der Waals surface area (Å²) >= 11 is 0. The smallest absolute Gasteiger partial charge is 0.243 e. The van der Waals surface area contributed by atoms with Crippen LogP contribution in [0.5, 0.6) is 0 Å². The number of carbonyl (C=O) groups is 2. The molecule has 1 fully saturated rings. The van der Waals surface area contributed by atoms with E-state index in [0.717, 1.165) is 18.4 Å². The van der Waals surface area contributed by atoms with Crippen LogP contribution in [0.4, 0.5) is 4.39 Å². The Balaban J connectivity index is 1.42. The van der Waals surface area contributed by atoms with Gasteiger partial charge in [-0.2, -0.15) is 4.31 Å². The first-order chi connectivity index (χ1) is 18.2. The quantitative estimate of drug-likeness (QED) is 0.397. The van der Waals surface area contributed by atoms with Gasteiger partial charge in [-0.25, -0.2) is 12.8 Å². The molecule has 1 aliphatic rings. The van der Waals surface area contributed by atoms with Gasteiger partial charge in [0.05, 0.1) is 17.7 Å². The van der Waals surface area contributed by atoms with E-state index in [4.69, 9.17) is 4.42 Å². The summed E-state index contributed by atoms with van der Waals surface area (Å²) in [5, 5.41) is 2.78. The van der Waals surface area contributed by atoms with E-state index in [1.54, 1.807) is 55.5 Å². The van der Waals surface area contributed by atoms with Crippen molar-refractivity contribution >= 4 is 21.8 Å². The number of rotatable bonds is 11. The monoisotopic (exact) mass is 541 g/mol. The molecule has 4 rings (SSSR count). The molecule has 38 heavy (non-hydrogen) atoms. The number of nitrogens with one attached hydrogen (secondary N) is 1. The minimum Gasteiger partial charge on any atom is -0.467 e. The van der Waals surface area contributed by atoms with Crippen LogP contribution in [-0.4, -0.2) is 48.6 Å². The summed E-state index contributed by atoms with van der Waals surface area (Å²) in [6.45, 7) is 3.06. The normalized spacial score (nSPS) is 14.8. The van der Waals surface area contributed by atoms with Crippen molar-refractivity contribution in [3.05, 3.63) is 89.6 Å². The highest BCUT2D eigenvalue weighted by Gasteiger charge is 2.28. The first-order valence-electron chi connectivity index (χ1n) is 12.7. The molecule has 1 N–H and O–H groups in total. The van der Waals surface area contributed by atoms with Gasteiger partial charge in [0.2, 0.25) is 21.8 Å². The van der Waals surface area contributed by atoms with Crippen LogP contribution in [0, 0.1) is 5.82 Å². The van der Waals surface area contributed by atoms with Crippen molar-refractivity contribution in [3.8, 4) is 0 Å². The van der Waals surface area contributed by atoms with Crippen molar-refractivity contribution < 1.29 is 26.8 Å². The van der Waals surface area contributed by atoms with Crippen LogP contribution >= 0.6 is 0 Å². The van der Waals surface area contributed by atoms with Crippen molar-refractivity contribution in [3.63, 3.8) is 0 Å². The van der Waals surface area contributed by atoms with Gasteiger partial charge in [-0.15, -0.1) is 0 Å². The zero-order valence-electron chi connectivity index (χ0n) is 21.3. The average Bonchev–Trinajstić information content (AvgIpc) is 3.65. The number of nitrogens with zero attached hydrogens (tertiary/aromatic N) is 2. The molecule has 1 atom stereocenters. The second-order valence-electron chi connectivity index (χ2n) is 9.38. The number of amides is 2. The number of hydrogen-bond donors (Lipinski definition) is 1. The number of carbonyl (C=O) groups excluding carboxylic acids is 2. The molecule has 3 aromatic rings. The van der Waals surface area contributed by atoms with E-state index in [0.29, 0.717) is 30.8 Å². The van der Waals surface area contributed by atoms with Gasteiger partial charge >= 0.3 is 0 Å². The van der Waals surface area contributed by atoms with Gasteiger partial charge in [0.1, 0.15) is 17.6 Å². The minimum absolute atomic E-state index is 0.120. The highest BCUT2D eigenvalue weighted by molar-refractivity contribution is 7.89. The molecular weight excluding hydrogens is 509 g/mol. The predicted molar refractivity (Wildman–Crippen MR) is 140 cm³/mol. The van der Waals surface area contributed by atoms with Crippen LogP contribution in [0.2, 0.25) is 0 Å². The number of hydrogen-bond acceptors (Lipinski definition) is 5. The van der Waals surface area contributed by atoms with Crippen molar-refractivity contribution in [1.82, 2.24) is 14.5 Å². The summed E-state index contributed by atoms with van der Waals surface area (Å²) in [5.41, 5.74) is 1.51. The maximum absolute atomic E-state index is 13.4. The molecule has 0 radical (unpaired) electrons. The van der Waals surface area contributed by atoms with E-state index in [1.165, 1.54) is 27.6 Å². The Kier molecular flexibility index (Phi) is 8.96. The van der Waals surface area contributed by atoms with Gasteiger partial charge in [-0.05, 0) is 73.7 Å². The Morgan fingerprint density at radius 2 is 1.68 bits per heavy atom. The van der Waals surface area contributed by atoms with Crippen molar-refractivity contribution in [1.29, 1.82) is 0 Å². The number of benzene rings is 2. The lowest BCUT2D eigenvalue weighted by atomic mass is 10.1. The molecule has 202 valence electrons. The lowest BCUT2D eigenvalue weighted by molar-refractivity contribution is -0.140. The first-order valence-corrected chi connectivity index (χ1v) is 14.1. The SMILES string of the molecule is C[C@H](C(=O)NCc1ccco1)N(Cc1ccc(F)cc1)C(=O)CCc1ccc(S(=O)(=O)N2CCCC2)cc1. The fourth-order valence-electron chi connectivity index (χ4n) is 4.40. The van der Waals surface area contributed by atoms with Crippen LogP contribution in [0.1, 0.15) is 43.1 Å². The molecular formula is C28H32FN3O5S. The molecule has 2 aromatic carbocycles. The number of furan rings is 1. The van der Waals surface area contributed by atoms with Gasteiger partial charge in [0.15, 0.2) is 0 Å². The second-order valence-corrected chi connectivity index (χ2v) is 11.3. The molecule has 2 amide bonds. The standard InChI is InChI=1S/C28H32FN3O5S/c1-21(28(34)30-19-25-5-4-18-37-25)32(20-23-6-11-24(29)12-7-23)27(33)15-10-22-8-13-26(14-9-22)38(35,36)31-16-2-3-17-31/h4-9,11-14,18,21H,2-3,10,15-17,19-20H2,1H3,(H,30,34)/t21-/m1/s1. The molecule has 0 spiro atoms. The van der Waals surface area contributed by atoms with Crippen LogP contribution in [0.25, 0.3) is 0 Å². The number of sulfonamides is 1. The maximum Gasteiger partial charge on any atom is 0.243 e. The Morgan fingerprint density at radius 1 is 1.03 bits per heavy atom. The summed E-state index contributed by atoms with van der Waals surface area (Å²) in [4.78, 5) is 27.9. The van der Waals surface area contributed by atoms with Crippen LogP contribution in [-0.2, 0) is 39.1 Å². The maximum atomic E-state index is 13.4. The summed E-state index contributed by atoms with van der Waals surface area (Å²) in [7, 11) is -3.50. The molecule has 1 aromatic heterocycles. The topological polar surface area (TPSA) is 99.9 Å². The third-order valence-electron chi connectivity index (χ3n) is 6.70. The zero-order chi connectivity index (χ0) is 27.1. The molecule has 1 aliphatic heterocycles. The fraction of sp³-hybridized carbons (Fsp3) is 0.357. The highest BCUT2D eigenvalue weighted by Crippen LogP contribution is 2.22. The first kappa shape index (κ1) is 27.5. The molecule has 0 aliphatic carbocycles. The Morgan fingerprint density at radius 3 is 2.32 bits per heavy atom. The van der Waals surface area contributed by atoms with E-state index >= 15 is 0 Å². The number of aryl methyl sites for hydroxylation is 1. The summed E-state index contributed by atoms with van der Waals surface area (Å²) in [6, 6.07) is 15.1. The van der Waals surface area contributed by atoms with Gasteiger partial charge < -0.3 is 14.6 Å². The van der Waals surface area contributed by atoms with Crippen molar-refractivity contribution in [2.45, 2.75) is 56.6 Å². The van der Waals surface area contributed by atoms with E-state index in [9.17, 15) is 22.4 Å². The second kappa shape index (κ2) is 12.4. The Labute approximate surface area is 222 Å². The lowest BCUT2D eigenvalue weighted by Gasteiger charge is -2.29. The third kappa shape index (κ3) is 6.87. The van der Waals surface area contributed by atoms with Crippen LogP contribution in [0.15, 0.2) is 76.2 Å². The van der Waals surface area contributed by atoms with Crippen molar-refractivity contribution in [2.75, 3.05) is 13.1 Å². The van der Waals surface area contributed by atoms with Gasteiger partial charge in [0, 0.05) is 26.1 Å². The Hall–Kier alpha value is -3.50. The summed E-state index contributed by atoms with van der Waals surface area (Å²) in [5.74, 6) is -0.375. The summed E-state index contributed by atoms with van der Waals surface area (Å²) < 4.78 is 45.7. The fourth-order valence-corrected chi connectivity index (χ4v) is 5.92. The van der Waals surface area contributed by atoms with Gasteiger partial charge in [-0.1, -0.05) is 24.3 Å². The molecule has 8 nitrogen and oxygen atoms in total. The zero-order valence-corrected chi connectivity index (χ0v) is 22.1. The molecule has 0 saturated carbocycles. The lowest BCUT2D eigenvalue weighted by Crippen LogP contribution is -2.47. The largest absolute Gasteiger partial charge is 0.467 e. The predicted octanol–water partition coefficient (Wildman–Crippen LogP) is 3.87. The number of halogens is 1. The highest BCUT2D eigenvalue weighted by atomic mass is 32.2. The molecule has 0 bridgehead atoms. The molecule has 10 heteroatoms. The van der Waals surface area contributed by atoms with E-state index in [-0.39, 0.29) is 42.0 Å².